The van der Waals surface area contributed by atoms with E-state index in [9.17, 15) is 9.59 Å². The zero-order chi connectivity index (χ0) is 28.8. The van der Waals surface area contributed by atoms with Gasteiger partial charge in [-0.3, -0.25) is 14.5 Å². The zero-order valence-electron chi connectivity index (χ0n) is 22.8. The van der Waals surface area contributed by atoms with Crippen LogP contribution in [0.2, 0.25) is 0 Å². The van der Waals surface area contributed by atoms with Crippen molar-refractivity contribution < 1.29 is 19.1 Å². The first-order valence-corrected chi connectivity index (χ1v) is 14.7. The van der Waals surface area contributed by atoms with Crippen LogP contribution in [0.25, 0.3) is 6.08 Å². The Labute approximate surface area is 249 Å². The first kappa shape index (κ1) is 28.8. The van der Waals surface area contributed by atoms with Gasteiger partial charge in [0.25, 0.3) is 5.91 Å². The van der Waals surface area contributed by atoms with Gasteiger partial charge in [-0.1, -0.05) is 36.1 Å². The first-order valence-electron chi connectivity index (χ1n) is 13.5. The largest absolute Gasteiger partial charge is 0.494 e. The maximum Gasteiger partial charge on any atom is 0.270 e. The number of nitrogens with zero attached hydrogens (tertiary/aromatic N) is 3. The van der Waals surface area contributed by atoms with Crippen LogP contribution >= 0.6 is 24.0 Å². The van der Waals surface area contributed by atoms with Gasteiger partial charge in [0.2, 0.25) is 5.91 Å². The van der Waals surface area contributed by atoms with Crippen LogP contribution in [0.1, 0.15) is 22.3 Å². The van der Waals surface area contributed by atoms with Crippen LogP contribution in [-0.4, -0.2) is 72.3 Å². The maximum atomic E-state index is 13.2. The fourth-order valence-electron chi connectivity index (χ4n) is 4.54. The quantitative estimate of drug-likeness (QED) is 0.201. The molecule has 2 aliphatic heterocycles. The smallest absolute Gasteiger partial charge is 0.270 e. The molecule has 2 amide bonds. The second-order valence-corrected chi connectivity index (χ2v) is 11.6. The Morgan fingerprint density at radius 2 is 1.54 bits per heavy atom. The molecular formula is C31H32N4O4S2. The van der Waals surface area contributed by atoms with Gasteiger partial charge >= 0.3 is 0 Å². The van der Waals surface area contributed by atoms with Gasteiger partial charge in [-0.15, -0.1) is 0 Å². The van der Waals surface area contributed by atoms with Gasteiger partial charge < -0.3 is 25.0 Å². The van der Waals surface area contributed by atoms with Gasteiger partial charge in [0.05, 0.1) is 17.2 Å². The molecule has 3 aromatic rings. The number of piperazine rings is 1. The van der Waals surface area contributed by atoms with Crippen LogP contribution in [0.4, 0.5) is 5.69 Å². The number of benzene rings is 3. The fraction of sp³-hybridized carbons (Fsp3) is 0.258. The van der Waals surface area contributed by atoms with Gasteiger partial charge in [-0.05, 0) is 85.8 Å². The van der Waals surface area contributed by atoms with Crippen LogP contribution in [0.3, 0.4) is 0 Å². The topological polar surface area (TPSA) is 88.3 Å². The molecule has 2 aliphatic rings. The highest BCUT2D eigenvalue weighted by molar-refractivity contribution is 8.27. The molecule has 8 nitrogen and oxygen atoms in total. The molecule has 0 spiro atoms. The summed E-state index contributed by atoms with van der Waals surface area (Å²) in [6, 6.07) is 21.4. The van der Waals surface area contributed by atoms with E-state index < -0.39 is 5.91 Å². The number of thioether (sulfide) groups is 1. The predicted octanol–water partition coefficient (Wildman–Crippen LogP) is 5.00. The molecule has 0 aliphatic carbocycles. The Hall–Kier alpha value is -3.70. The number of ether oxygens (including phenoxy) is 2. The van der Waals surface area contributed by atoms with Crippen molar-refractivity contribution in [3.8, 4) is 17.2 Å². The summed E-state index contributed by atoms with van der Waals surface area (Å²) in [4.78, 5) is 31.4. The normalized spacial score (nSPS) is 17.3. The minimum Gasteiger partial charge on any atom is -0.494 e. The van der Waals surface area contributed by atoms with Crippen molar-refractivity contribution in [2.75, 3.05) is 51.3 Å². The van der Waals surface area contributed by atoms with Gasteiger partial charge in [0, 0.05) is 38.3 Å². The summed E-state index contributed by atoms with van der Waals surface area (Å²) in [5.74, 6) is 1.31. The highest BCUT2D eigenvalue weighted by atomic mass is 32.2. The van der Waals surface area contributed by atoms with Gasteiger partial charge in [-0.2, -0.15) is 0 Å². The third kappa shape index (κ3) is 7.53. The molecule has 212 valence electrons. The van der Waals surface area contributed by atoms with Crippen molar-refractivity contribution in [3.05, 3.63) is 88.8 Å². The number of primary amides is 1. The molecular weight excluding hydrogens is 556 g/mol. The Kier molecular flexibility index (Phi) is 9.35. The number of anilines is 1. The van der Waals surface area contributed by atoms with Crippen molar-refractivity contribution in [3.63, 3.8) is 0 Å². The minimum atomic E-state index is -0.493. The van der Waals surface area contributed by atoms with E-state index in [-0.39, 0.29) is 5.91 Å². The fourth-order valence-corrected chi connectivity index (χ4v) is 5.84. The zero-order valence-corrected chi connectivity index (χ0v) is 24.5. The second kappa shape index (κ2) is 13.3. The molecule has 0 atom stereocenters. The van der Waals surface area contributed by atoms with Crippen LogP contribution in [0.5, 0.6) is 17.2 Å². The number of thiocarbonyl (C=S) groups is 1. The molecule has 0 unspecified atom stereocenters. The lowest BCUT2D eigenvalue weighted by Gasteiger charge is -2.32. The molecule has 2 N–H and O–H groups in total. The van der Waals surface area contributed by atoms with Gasteiger partial charge in [0.15, 0.2) is 4.32 Å². The number of rotatable bonds is 10. The molecule has 0 saturated carbocycles. The first-order chi connectivity index (χ1) is 19.9. The number of likely N-dealkylation sites (N-methyl/N-ethyl adjacent to an activating group) is 1. The van der Waals surface area contributed by atoms with Crippen LogP contribution in [-0.2, 0) is 4.79 Å². The lowest BCUT2D eigenvalue weighted by Crippen LogP contribution is -2.44. The number of carbonyl (C=O) groups excluding carboxylic acids is 2. The molecule has 2 fully saturated rings. The number of nitrogens with two attached hydrogens (primary N) is 1. The second-order valence-electron chi connectivity index (χ2n) is 9.92. The summed E-state index contributed by atoms with van der Waals surface area (Å²) in [6.07, 6.45) is 2.84. The van der Waals surface area contributed by atoms with E-state index >= 15 is 0 Å². The summed E-state index contributed by atoms with van der Waals surface area (Å²) in [7, 11) is 2.17. The molecule has 10 heteroatoms. The van der Waals surface area contributed by atoms with Gasteiger partial charge in [0.1, 0.15) is 17.2 Å². The van der Waals surface area contributed by atoms with E-state index in [1.54, 1.807) is 48.5 Å². The van der Waals surface area contributed by atoms with Crippen molar-refractivity contribution in [1.82, 2.24) is 9.80 Å². The monoisotopic (exact) mass is 588 g/mol. The van der Waals surface area contributed by atoms with Crippen LogP contribution in [0, 0.1) is 0 Å². The van der Waals surface area contributed by atoms with Crippen LogP contribution < -0.4 is 20.1 Å². The number of hydrogen-bond acceptors (Lipinski definition) is 8. The molecule has 41 heavy (non-hydrogen) atoms. The highest BCUT2D eigenvalue weighted by Crippen LogP contribution is 2.37. The van der Waals surface area contributed by atoms with E-state index in [1.165, 1.54) is 16.7 Å². The number of carbonyl (C=O) groups is 2. The summed E-state index contributed by atoms with van der Waals surface area (Å²) < 4.78 is 12.2. The third-order valence-electron chi connectivity index (χ3n) is 6.92. The maximum absolute atomic E-state index is 13.2. The van der Waals surface area contributed by atoms with E-state index in [1.807, 2.05) is 30.3 Å². The van der Waals surface area contributed by atoms with Crippen molar-refractivity contribution >= 4 is 51.9 Å². The number of amides is 2. The van der Waals surface area contributed by atoms with Gasteiger partial charge in [-0.25, -0.2) is 0 Å². The molecule has 2 heterocycles. The SMILES string of the molecule is CN1CCN(CCCOc2ccc(C=C3SC(=S)N(c4ccc(Oc5ccc(C(N)=O)cc5)cc4)C3=O)cc2)CC1. The van der Waals surface area contributed by atoms with E-state index in [4.69, 9.17) is 27.4 Å². The summed E-state index contributed by atoms with van der Waals surface area (Å²) in [5, 5.41) is 0. The Bertz CT molecular complexity index is 1420. The summed E-state index contributed by atoms with van der Waals surface area (Å²) in [6.45, 7) is 6.21. The van der Waals surface area contributed by atoms with Crippen molar-refractivity contribution in [2.45, 2.75) is 6.42 Å². The third-order valence-corrected chi connectivity index (χ3v) is 8.23. The Balaban J connectivity index is 1.14. The lowest BCUT2D eigenvalue weighted by molar-refractivity contribution is -0.113. The Morgan fingerprint density at radius 1 is 0.927 bits per heavy atom. The standard InChI is InChI=1S/C31H32N4O4S2/c1-33-16-18-34(19-17-33)15-2-20-38-25-9-3-22(4-10-25)21-28-30(37)35(31(40)41-28)24-7-13-27(14-8-24)39-26-11-5-23(6-12-26)29(32)36/h3-14,21H,2,15-20H2,1H3,(H2,32,36). The Morgan fingerprint density at radius 3 is 2.17 bits per heavy atom. The highest BCUT2D eigenvalue weighted by Gasteiger charge is 2.33. The number of hydrogen-bond donors (Lipinski definition) is 1. The lowest BCUT2D eigenvalue weighted by atomic mass is 10.2. The van der Waals surface area contributed by atoms with E-state index in [2.05, 4.69) is 16.8 Å². The molecule has 0 bridgehead atoms. The summed E-state index contributed by atoms with van der Waals surface area (Å²) >= 11 is 6.81. The van der Waals surface area contributed by atoms with E-state index in [0.29, 0.717) is 38.6 Å². The minimum absolute atomic E-state index is 0.167. The van der Waals surface area contributed by atoms with Crippen LogP contribution in [0.15, 0.2) is 77.7 Å². The summed E-state index contributed by atoms with van der Waals surface area (Å²) in [5.41, 5.74) is 7.25. The van der Waals surface area contributed by atoms with Crippen molar-refractivity contribution in [2.24, 2.45) is 5.73 Å². The molecule has 2 saturated heterocycles. The molecule has 0 aromatic heterocycles. The molecule has 3 aromatic carbocycles. The molecule has 5 rings (SSSR count). The average Bonchev–Trinajstić information content (AvgIpc) is 3.25. The van der Waals surface area contributed by atoms with E-state index in [0.717, 1.165) is 50.5 Å². The average molecular weight is 589 g/mol. The van der Waals surface area contributed by atoms with Crippen molar-refractivity contribution in [1.29, 1.82) is 0 Å². The predicted molar refractivity (Wildman–Crippen MR) is 168 cm³/mol. The molecule has 0 radical (unpaired) electrons.